The maximum atomic E-state index is 12.8. The molecule has 5 heteroatoms. The quantitative estimate of drug-likeness (QED) is 0.895. The summed E-state index contributed by atoms with van der Waals surface area (Å²) in [6.07, 6.45) is 3.60. The smallest absolute Gasteiger partial charge is 0.228 e. The molecule has 100 valence electrons. The summed E-state index contributed by atoms with van der Waals surface area (Å²) in [5.41, 5.74) is 6.98. The van der Waals surface area contributed by atoms with Crippen LogP contribution in [0.4, 0.5) is 4.39 Å². The van der Waals surface area contributed by atoms with E-state index < -0.39 is 0 Å². The zero-order valence-corrected chi connectivity index (χ0v) is 10.6. The van der Waals surface area contributed by atoms with Crippen LogP contribution >= 0.6 is 0 Å². The molecule has 0 amide bonds. The van der Waals surface area contributed by atoms with Gasteiger partial charge in [-0.05, 0) is 36.5 Å². The third kappa shape index (κ3) is 3.17. The lowest BCUT2D eigenvalue weighted by Crippen LogP contribution is -2.25. The lowest BCUT2D eigenvalue weighted by Gasteiger charge is -2.04. The molecule has 1 aromatic carbocycles. The van der Waals surface area contributed by atoms with E-state index in [9.17, 15) is 4.39 Å². The first-order valence-corrected chi connectivity index (χ1v) is 6.52. The van der Waals surface area contributed by atoms with Crippen molar-refractivity contribution in [3.63, 3.8) is 0 Å². The molecule has 1 saturated carbocycles. The lowest BCUT2D eigenvalue weighted by atomic mass is 10.1. The van der Waals surface area contributed by atoms with Crippen LogP contribution in [0.5, 0.6) is 0 Å². The van der Waals surface area contributed by atoms with E-state index in [1.54, 1.807) is 12.1 Å². The van der Waals surface area contributed by atoms with Crippen LogP contribution in [0.3, 0.4) is 0 Å². The second-order valence-corrected chi connectivity index (χ2v) is 5.11. The SMILES string of the molecule is NC(Cc1nc(Cc2ccc(F)cc2)no1)C1CC1. The van der Waals surface area contributed by atoms with Gasteiger partial charge in [0.05, 0.1) is 0 Å². The van der Waals surface area contributed by atoms with Crippen molar-refractivity contribution in [2.24, 2.45) is 11.7 Å². The fraction of sp³-hybridized carbons (Fsp3) is 0.429. The van der Waals surface area contributed by atoms with E-state index in [1.807, 2.05) is 0 Å². The number of hydrogen-bond acceptors (Lipinski definition) is 4. The average molecular weight is 261 g/mol. The summed E-state index contributed by atoms with van der Waals surface area (Å²) >= 11 is 0. The number of aromatic nitrogens is 2. The highest BCUT2D eigenvalue weighted by Crippen LogP contribution is 2.32. The van der Waals surface area contributed by atoms with E-state index in [2.05, 4.69) is 10.1 Å². The summed E-state index contributed by atoms with van der Waals surface area (Å²) in [6, 6.07) is 6.43. The Hall–Kier alpha value is -1.75. The molecule has 0 radical (unpaired) electrons. The monoisotopic (exact) mass is 261 g/mol. The van der Waals surface area contributed by atoms with Crippen molar-refractivity contribution in [3.8, 4) is 0 Å². The number of halogens is 1. The van der Waals surface area contributed by atoms with Crippen molar-refractivity contribution in [1.29, 1.82) is 0 Å². The van der Waals surface area contributed by atoms with Crippen molar-refractivity contribution in [2.75, 3.05) is 0 Å². The fourth-order valence-electron chi connectivity index (χ4n) is 2.12. The van der Waals surface area contributed by atoms with Crippen LogP contribution in [0.25, 0.3) is 0 Å². The Labute approximate surface area is 110 Å². The van der Waals surface area contributed by atoms with Crippen molar-refractivity contribution in [2.45, 2.75) is 31.7 Å². The Kier molecular flexibility index (Phi) is 3.29. The zero-order chi connectivity index (χ0) is 13.2. The van der Waals surface area contributed by atoms with Crippen molar-refractivity contribution < 1.29 is 8.91 Å². The predicted molar refractivity (Wildman–Crippen MR) is 67.9 cm³/mol. The first-order valence-electron chi connectivity index (χ1n) is 6.52. The third-order valence-electron chi connectivity index (χ3n) is 3.42. The summed E-state index contributed by atoms with van der Waals surface area (Å²) in [5, 5.41) is 3.93. The topological polar surface area (TPSA) is 64.9 Å². The predicted octanol–water partition coefficient (Wildman–Crippen LogP) is 2.08. The minimum atomic E-state index is -0.243. The molecule has 1 aromatic heterocycles. The molecular weight excluding hydrogens is 245 g/mol. The molecule has 1 heterocycles. The number of benzene rings is 1. The van der Waals surface area contributed by atoms with E-state index in [4.69, 9.17) is 10.3 Å². The van der Waals surface area contributed by atoms with Gasteiger partial charge >= 0.3 is 0 Å². The average Bonchev–Trinajstić information content (AvgIpc) is 3.16. The van der Waals surface area contributed by atoms with Gasteiger partial charge in [-0.2, -0.15) is 4.98 Å². The van der Waals surface area contributed by atoms with Gasteiger partial charge in [-0.3, -0.25) is 0 Å². The van der Waals surface area contributed by atoms with Crippen LogP contribution in [0.15, 0.2) is 28.8 Å². The molecule has 1 unspecified atom stereocenters. The first kappa shape index (κ1) is 12.3. The summed E-state index contributed by atoms with van der Waals surface area (Å²) < 4.78 is 18.0. The Morgan fingerprint density at radius 1 is 1.32 bits per heavy atom. The molecule has 1 aliphatic carbocycles. The highest BCUT2D eigenvalue weighted by Gasteiger charge is 2.29. The minimum Gasteiger partial charge on any atom is -0.339 e. The molecule has 19 heavy (non-hydrogen) atoms. The number of rotatable bonds is 5. The van der Waals surface area contributed by atoms with Crippen LogP contribution in [-0.2, 0) is 12.8 Å². The van der Waals surface area contributed by atoms with Crippen molar-refractivity contribution in [1.82, 2.24) is 10.1 Å². The Morgan fingerprint density at radius 3 is 2.74 bits per heavy atom. The van der Waals surface area contributed by atoms with E-state index in [-0.39, 0.29) is 11.9 Å². The largest absolute Gasteiger partial charge is 0.339 e. The van der Waals surface area contributed by atoms with Crippen LogP contribution in [0.2, 0.25) is 0 Å². The maximum Gasteiger partial charge on any atom is 0.228 e. The second kappa shape index (κ2) is 5.09. The molecule has 2 N–H and O–H groups in total. The molecule has 4 nitrogen and oxygen atoms in total. The van der Waals surface area contributed by atoms with E-state index >= 15 is 0 Å². The fourth-order valence-corrected chi connectivity index (χ4v) is 2.12. The number of hydrogen-bond donors (Lipinski definition) is 1. The molecular formula is C14H16FN3O. The lowest BCUT2D eigenvalue weighted by molar-refractivity contribution is 0.359. The Morgan fingerprint density at radius 2 is 2.05 bits per heavy atom. The minimum absolute atomic E-state index is 0.124. The van der Waals surface area contributed by atoms with Crippen LogP contribution in [-0.4, -0.2) is 16.2 Å². The van der Waals surface area contributed by atoms with Gasteiger partial charge in [-0.15, -0.1) is 0 Å². The van der Waals surface area contributed by atoms with Gasteiger partial charge in [0.2, 0.25) is 5.89 Å². The molecule has 1 aliphatic rings. The molecule has 3 rings (SSSR count). The first-order chi connectivity index (χ1) is 9.20. The molecule has 0 bridgehead atoms. The summed E-state index contributed by atoms with van der Waals surface area (Å²) in [5.74, 6) is 1.58. The van der Waals surface area contributed by atoms with Gasteiger partial charge < -0.3 is 10.3 Å². The summed E-state index contributed by atoms with van der Waals surface area (Å²) in [4.78, 5) is 4.33. The molecule has 2 aromatic rings. The van der Waals surface area contributed by atoms with E-state index in [1.165, 1.54) is 25.0 Å². The molecule has 0 aliphatic heterocycles. The van der Waals surface area contributed by atoms with Gasteiger partial charge in [0.1, 0.15) is 5.82 Å². The highest BCUT2D eigenvalue weighted by molar-refractivity contribution is 5.19. The maximum absolute atomic E-state index is 12.8. The van der Waals surface area contributed by atoms with Gasteiger partial charge in [0, 0.05) is 18.9 Å². The van der Waals surface area contributed by atoms with Crippen molar-refractivity contribution in [3.05, 3.63) is 47.4 Å². The molecule has 0 saturated heterocycles. The van der Waals surface area contributed by atoms with Gasteiger partial charge in [-0.1, -0.05) is 17.3 Å². The van der Waals surface area contributed by atoms with Crippen LogP contribution < -0.4 is 5.73 Å². The Bertz CT molecular complexity index is 548. The second-order valence-electron chi connectivity index (χ2n) is 5.11. The van der Waals surface area contributed by atoms with Gasteiger partial charge in [-0.25, -0.2) is 4.39 Å². The highest BCUT2D eigenvalue weighted by atomic mass is 19.1. The van der Waals surface area contributed by atoms with Gasteiger partial charge in [0.15, 0.2) is 5.82 Å². The Balaban J connectivity index is 1.62. The standard InChI is InChI=1S/C14H16FN3O/c15-11-5-1-9(2-6-11)7-13-17-14(19-18-13)8-12(16)10-3-4-10/h1-2,5-6,10,12H,3-4,7-8,16H2. The van der Waals surface area contributed by atoms with Gasteiger partial charge in [0.25, 0.3) is 0 Å². The zero-order valence-electron chi connectivity index (χ0n) is 10.6. The third-order valence-corrected chi connectivity index (χ3v) is 3.42. The molecule has 1 fully saturated rings. The summed E-state index contributed by atoms with van der Waals surface area (Å²) in [6.45, 7) is 0. The number of nitrogens with zero attached hydrogens (tertiary/aromatic N) is 2. The van der Waals surface area contributed by atoms with E-state index in [0.717, 1.165) is 5.56 Å². The molecule has 0 spiro atoms. The summed E-state index contributed by atoms with van der Waals surface area (Å²) in [7, 11) is 0. The van der Waals surface area contributed by atoms with Crippen LogP contribution in [0.1, 0.15) is 30.1 Å². The normalized spacial score (nSPS) is 16.5. The van der Waals surface area contributed by atoms with Crippen molar-refractivity contribution >= 4 is 0 Å². The number of nitrogens with two attached hydrogens (primary N) is 1. The van der Waals surface area contributed by atoms with Crippen LogP contribution in [0, 0.1) is 11.7 Å². The van der Waals surface area contributed by atoms with E-state index in [0.29, 0.717) is 30.5 Å². The molecule has 1 atom stereocenters.